The normalized spacial score (nSPS) is 18.0. The quantitative estimate of drug-likeness (QED) is 0.676. The Labute approximate surface area is 143 Å². The molecule has 7 nitrogen and oxygen atoms in total. The lowest BCUT2D eigenvalue weighted by molar-refractivity contribution is 0.476. The van der Waals surface area contributed by atoms with Crippen LogP contribution in [0.5, 0.6) is 5.75 Å². The van der Waals surface area contributed by atoms with Gasteiger partial charge in [-0.25, -0.2) is 4.98 Å². The van der Waals surface area contributed by atoms with E-state index < -0.39 is 0 Å². The highest BCUT2D eigenvalue weighted by molar-refractivity contribution is 6.30. The van der Waals surface area contributed by atoms with Gasteiger partial charge in [0.25, 0.3) is 0 Å². The fourth-order valence-electron chi connectivity index (χ4n) is 2.99. The Morgan fingerprint density at radius 2 is 2.25 bits per heavy atom. The number of imidazole rings is 1. The zero-order valence-electron chi connectivity index (χ0n) is 12.9. The van der Waals surface area contributed by atoms with Crippen molar-refractivity contribution in [2.45, 2.75) is 18.9 Å². The van der Waals surface area contributed by atoms with E-state index in [4.69, 9.17) is 11.6 Å². The molecular formula is C16H17ClN6O. The number of hydrogen-bond acceptors (Lipinski definition) is 6. The Hall–Kier alpha value is -2.38. The molecule has 0 amide bonds. The molecule has 0 bridgehead atoms. The Morgan fingerprint density at radius 3 is 3.04 bits per heavy atom. The number of phenolic OH excluding ortho intramolecular Hbond substituents is 1. The second kappa shape index (κ2) is 6.26. The van der Waals surface area contributed by atoms with Crippen molar-refractivity contribution in [3.8, 4) is 17.0 Å². The van der Waals surface area contributed by atoms with Crippen molar-refractivity contribution in [1.82, 2.24) is 24.9 Å². The van der Waals surface area contributed by atoms with Crippen molar-refractivity contribution < 1.29 is 5.11 Å². The van der Waals surface area contributed by atoms with E-state index in [0.29, 0.717) is 28.3 Å². The molecule has 1 fully saturated rings. The fraction of sp³-hybridized carbons (Fsp3) is 0.312. The first-order valence-electron chi connectivity index (χ1n) is 7.87. The second-order valence-electron chi connectivity index (χ2n) is 5.87. The average molecular weight is 345 g/mol. The van der Waals surface area contributed by atoms with E-state index >= 15 is 0 Å². The molecule has 24 heavy (non-hydrogen) atoms. The third-order valence-corrected chi connectivity index (χ3v) is 4.43. The van der Waals surface area contributed by atoms with Crippen LogP contribution in [-0.2, 0) is 0 Å². The van der Waals surface area contributed by atoms with Crippen LogP contribution in [0, 0.1) is 0 Å². The predicted molar refractivity (Wildman–Crippen MR) is 92.4 cm³/mol. The zero-order chi connectivity index (χ0) is 16.5. The summed E-state index contributed by atoms with van der Waals surface area (Å²) in [5.41, 5.74) is 1.91. The number of halogens is 1. The Balaban J connectivity index is 1.74. The summed E-state index contributed by atoms with van der Waals surface area (Å²) < 4.78 is 1.85. The van der Waals surface area contributed by atoms with Gasteiger partial charge < -0.3 is 15.7 Å². The number of phenols is 1. The average Bonchev–Trinajstić information content (AvgIpc) is 3.07. The molecule has 0 radical (unpaired) electrons. The molecule has 4 rings (SSSR count). The molecule has 2 aromatic heterocycles. The van der Waals surface area contributed by atoms with Crippen LogP contribution in [0.15, 0.2) is 30.7 Å². The van der Waals surface area contributed by atoms with Crippen molar-refractivity contribution in [2.75, 3.05) is 18.4 Å². The fourth-order valence-corrected chi connectivity index (χ4v) is 3.16. The number of anilines is 1. The van der Waals surface area contributed by atoms with Crippen molar-refractivity contribution in [3.05, 3.63) is 35.7 Å². The van der Waals surface area contributed by atoms with Crippen LogP contribution >= 0.6 is 11.6 Å². The van der Waals surface area contributed by atoms with Crippen LogP contribution in [0.4, 0.5) is 5.95 Å². The highest BCUT2D eigenvalue weighted by atomic mass is 35.5. The van der Waals surface area contributed by atoms with Crippen LogP contribution in [0.2, 0.25) is 5.02 Å². The minimum absolute atomic E-state index is 0.0667. The van der Waals surface area contributed by atoms with E-state index in [0.717, 1.165) is 31.4 Å². The third-order valence-electron chi connectivity index (χ3n) is 4.20. The third kappa shape index (κ3) is 2.76. The molecular weight excluding hydrogens is 328 g/mol. The standard InChI is InChI=1S/C16H17ClN6O/c17-10-3-4-12(14(24)6-10)15-13-8-19-9-23(13)16(22-21-15)20-11-2-1-5-18-7-11/h3-4,6,8-9,11,18,24H,1-2,5,7H2,(H,20,22)/t11-/m1/s1. The van der Waals surface area contributed by atoms with Gasteiger partial charge in [-0.3, -0.25) is 4.40 Å². The number of hydrogen-bond donors (Lipinski definition) is 3. The minimum Gasteiger partial charge on any atom is -0.507 e. The first-order chi connectivity index (χ1) is 11.7. The van der Waals surface area contributed by atoms with Gasteiger partial charge in [-0.1, -0.05) is 11.6 Å². The summed E-state index contributed by atoms with van der Waals surface area (Å²) in [6.45, 7) is 1.96. The number of piperidine rings is 1. The Kier molecular flexibility index (Phi) is 3.95. The number of benzene rings is 1. The first-order valence-corrected chi connectivity index (χ1v) is 8.25. The van der Waals surface area contributed by atoms with Crippen LogP contribution in [0.1, 0.15) is 12.8 Å². The molecule has 124 valence electrons. The predicted octanol–water partition coefficient (Wildman–Crippen LogP) is 2.31. The summed E-state index contributed by atoms with van der Waals surface area (Å²) >= 11 is 5.91. The lowest BCUT2D eigenvalue weighted by atomic mass is 10.1. The molecule has 1 aromatic carbocycles. The van der Waals surface area contributed by atoms with Crippen molar-refractivity contribution in [2.24, 2.45) is 0 Å². The molecule has 3 heterocycles. The Bertz CT molecular complexity index is 874. The summed E-state index contributed by atoms with van der Waals surface area (Å²) in [7, 11) is 0. The summed E-state index contributed by atoms with van der Waals surface area (Å²) in [6, 6.07) is 5.25. The highest BCUT2D eigenvalue weighted by Gasteiger charge is 2.18. The molecule has 0 spiro atoms. The molecule has 8 heteroatoms. The molecule has 0 aliphatic carbocycles. The maximum Gasteiger partial charge on any atom is 0.229 e. The molecule has 1 aliphatic heterocycles. The number of aromatic hydroxyl groups is 1. The van der Waals surface area contributed by atoms with Crippen molar-refractivity contribution in [3.63, 3.8) is 0 Å². The van der Waals surface area contributed by atoms with Crippen molar-refractivity contribution >= 4 is 23.1 Å². The van der Waals surface area contributed by atoms with E-state index in [2.05, 4.69) is 25.8 Å². The summed E-state index contributed by atoms with van der Waals surface area (Å²) in [4.78, 5) is 4.21. The van der Waals surface area contributed by atoms with E-state index in [9.17, 15) is 5.11 Å². The van der Waals surface area contributed by atoms with Gasteiger partial charge in [-0.2, -0.15) is 0 Å². The van der Waals surface area contributed by atoms with Gasteiger partial charge in [0, 0.05) is 23.2 Å². The number of rotatable bonds is 3. The summed E-state index contributed by atoms with van der Waals surface area (Å²) in [5, 5.41) is 26.0. The number of nitrogens with zero attached hydrogens (tertiary/aromatic N) is 4. The van der Waals surface area contributed by atoms with Gasteiger partial charge in [0.05, 0.1) is 11.7 Å². The minimum atomic E-state index is 0.0667. The van der Waals surface area contributed by atoms with Gasteiger partial charge in [-0.05, 0) is 37.6 Å². The van der Waals surface area contributed by atoms with Gasteiger partial charge in [0.15, 0.2) is 0 Å². The SMILES string of the molecule is Oc1cc(Cl)ccc1-c1nnc(N[C@@H]2CCCNC2)n2cncc12. The van der Waals surface area contributed by atoms with Crippen molar-refractivity contribution in [1.29, 1.82) is 0 Å². The van der Waals surface area contributed by atoms with Crippen LogP contribution in [0.3, 0.4) is 0 Å². The second-order valence-corrected chi connectivity index (χ2v) is 6.31. The maximum absolute atomic E-state index is 10.2. The molecule has 0 saturated carbocycles. The van der Waals surface area contributed by atoms with E-state index in [1.54, 1.807) is 24.7 Å². The van der Waals surface area contributed by atoms with Gasteiger partial charge in [0.2, 0.25) is 5.95 Å². The summed E-state index contributed by atoms with van der Waals surface area (Å²) in [5.74, 6) is 0.713. The smallest absolute Gasteiger partial charge is 0.229 e. The molecule has 1 atom stereocenters. The van der Waals surface area contributed by atoms with Crippen LogP contribution in [0.25, 0.3) is 16.8 Å². The first kappa shape index (κ1) is 15.2. The molecule has 3 aromatic rings. The molecule has 1 saturated heterocycles. The number of fused-ring (bicyclic) bond motifs is 1. The lowest BCUT2D eigenvalue weighted by Crippen LogP contribution is -2.39. The van der Waals surface area contributed by atoms with Crippen LogP contribution in [-0.4, -0.2) is 43.8 Å². The van der Waals surface area contributed by atoms with Gasteiger partial charge in [0.1, 0.15) is 17.8 Å². The van der Waals surface area contributed by atoms with Gasteiger partial charge in [-0.15, -0.1) is 10.2 Å². The Morgan fingerprint density at radius 1 is 1.33 bits per heavy atom. The topological polar surface area (TPSA) is 87.4 Å². The largest absolute Gasteiger partial charge is 0.507 e. The number of aromatic nitrogens is 4. The highest BCUT2D eigenvalue weighted by Crippen LogP contribution is 2.33. The zero-order valence-corrected chi connectivity index (χ0v) is 13.7. The van der Waals surface area contributed by atoms with Crippen LogP contribution < -0.4 is 10.6 Å². The van der Waals surface area contributed by atoms with E-state index in [1.807, 2.05) is 4.40 Å². The maximum atomic E-state index is 10.2. The molecule has 0 unspecified atom stereocenters. The summed E-state index contributed by atoms with van der Waals surface area (Å²) in [6.07, 6.45) is 5.63. The molecule has 3 N–H and O–H groups in total. The van der Waals surface area contributed by atoms with E-state index in [1.165, 1.54) is 6.07 Å². The monoisotopic (exact) mass is 344 g/mol. The van der Waals surface area contributed by atoms with E-state index in [-0.39, 0.29) is 5.75 Å². The molecule has 1 aliphatic rings. The lowest BCUT2D eigenvalue weighted by Gasteiger charge is -2.24. The van der Waals surface area contributed by atoms with Gasteiger partial charge >= 0.3 is 0 Å². The number of nitrogens with one attached hydrogen (secondary N) is 2.